The van der Waals surface area contributed by atoms with Crippen LogP contribution in [0.4, 0.5) is 0 Å². The van der Waals surface area contributed by atoms with E-state index in [-0.39, 0.29) is 0 Å². The van der Waals surface area contributed by atoms with Crippen molar-refractivity contribution in [2.45, 2.75) is 52.4 Å². The van der Waals surface area contributed by atoms with Crippen molar-refractivity contribution < 1.29 is 0 Å². The first kappa shape index (κ1) is 13.4. The first-order valence-corrected chi connectivity index (χ1v) is 5.84. The van der Waals surface area contributed by atoms with Gasteiger partial charge >= 0.3 is 0 Å². The lowest BCUT2D eigenvalue weighted by atomic mass is 10.0. The minimum absolute atomic E-state index is 0.837. The van der Waals surface area contributed by atoms with E-state index in [9.17, 15) is 0 Å². The molecule has 0 amide bonds. The molecule has 0 bridgehead atoms. The van der Waals surface area contributed by atoms with E-state index >= 15 is 0 Å². The van der Waals surface area contributed by atoms with Crippen molar-refractivity contribution in [2.75, 3.05) is 0 Å². The Labute approximate surface area is 89.1 Å². The summed E-state index contributed by atoms with van der Waals surface area (Å²) in [5.41, 5.74) is 0. The van der Waals surface area contributed by atoms with Crippen LogP contribution in [0.5, 0.6) is 0 Å². The van der Waals surface area contributed by atoms with Gasteiger partial charge in [0.05, 0.1) is 0 Å². The van der Waals surface area contributed by atoms with Crippen molar-refractivity contribution in [3.63, 3.8) is 0 Å². The lowest BCUT2D eigenvalue weighted by Gasteiger charge is -2.02. The van der Waals surface area contributed by atoms with Crippen LogP contribution in [0.2, 0.25) is 0 Å². The number of hydrogen-bond acceptors (Lipinski definition) is 1. The summed E-state index contributed by atoms with van der Waals surface area (Å²) < 4.78 is 0. The first-order chi connectivity index (χ1) is 6.74. The van der Waals surface area contributed by atoms with Gasteiger partial charge in [-0.1, -0.05) is 39.2 Å². The number of nitrogens with one attached hydrogen (secondary N) is 1. The largest absolute Gasteiger partial charge is 0.313 e. The third-order valence-electron chi connectivity index (χ3n) is 2.90. The van der Waals surface area contributed by atoms with Crippen molar-refractivity contribution in [1.82, 2.24) is 0 Å². The zero-order valence-electron chi connectivity index (χ0n) is 9.76. The smallest absolute Gasteiger partial charge is 0.00447 e. The maximum Gasteiger partial charge on any atom is -0.00447 e. The molecule has 1 fully saturated rings. The van der Waals surface area contributed by atoms with Crippen LogP contribution in [-0.4, -0.2) is 6.21 Å². The second-order valence-electron chi connectivity index (χ2n) is 4.26. The van der Waals surface area contributed by atoms with Gasteiger partial charge in [-0.15, -0.1) is 6.58 Å². The van der Waals surface area contributed by atoms with Gasteiger partial charge in [0.2, 0.25) is 0 Å². The number of rotatable bonds is 4. The number of hydrogen-bond donors (Lipinski definition) is 1. The highest BCUT2D eigenvalue weighted by Crippen LogP contribution is 2.31. The fourth-order valence-electron chi connectivity index (χ4n) is 1.90. The average molecular weight is 195 g/mol. The van der Waals surface area contributed by atoms with Gasteiger partial charge in [0, 0.05) is 0 Å². The Hall–Kier alpha value is -0.590. The van der Waals surface area contributed by atoms with E-state index in [1.165, 1.54) is 31.9 Å². The Morgan fingerprint density at radius 3 is 2.29 bits per heavy atom. The Balaban J connectivity index is 0.000000255. The van der Waals surface area contributed by atoms with Crippen molar-refractivity contribution in [3.05, 3.63) is 12.7 Å². The molecule has 2 atom stereocenters. The predicted molar refractivity (Wildman–Crippen MR) is 65.0 cm³/mol. The summed E-state index contributed by atoms with van der Waals surface area (Å²) in [6, 6.07) is 0. The molecular weight excluding hydrogens is 170 g/mol. The van der Waals surface area contributed by atoms with E-state index in [1.54, 1.807) is 0 Å². The second kappa shape index (κ2) is 8.98. The Morgan fingerprint density at radius 1 is 1.36 bits per heavy atom. The van der Waals surface area contributed by atoms with E-state index in [4.69, 9.17) is 5.41 Å². The van der Waals surface area contributed by atoms with Gasteiger partial charge in [-0.25, -0.2) is 0 Å². The third kappa shape index (κ3) is 6.88. The van der Waals surface area contributed by atoms with Crippen molar-refractivity contribution >= 4 is 6.21 Å². The molecule has 1 N–H and O–H groups in total. The lowest BCUT2D eigenvalue weighted by molar-refractivity contribution is 0.501. The summed E-state index contributed by atoms with van der Waals surface area (Å²) in [6.07, 6.45) is 10.9. The fourth-order valence-corrected chi connectivity index (χ4v) is 1.90. The molecule has 1 nitrogen and oxygen atoms in total. The zero-order chi connectivity index (χ0) is 10.8. The van der Waals surface area contributed by atoms with Crippen LogP contribution in [0.25, 0.3) is 0 Å². The number of unbranched alkanes of at least 4 members (excludes halogenated alkanes) is 1. The highest BCUT2D eigenvalue weighted by Gasteiger charge is 2.18. The molecule has 0 aromatic rings. The highest BCUT2D eigenvalue weighted by atomic mass is 14.3. The molecule has 0 aromatic carbocycles. The standard InChI is InChI=1S/C8H16.C5H9N/c1-3-8-5-4-7(2)6-8;1-2-3-4-5-6/h7-8H,3-6H2,1-2H3;2,5-6H,1,3-4H2. The minimum Gasteiger partial charge on any atom is -0.313 e. The monoisotopic (exact) mass is 195 g/mol. The summed E-state index contributed by atoms with van der Waals surface area (Å²) in [5, 5.41) is 6.53. The van der Waals surface area contributed by atoms with E-state index in [0.29, 0.717) is 0 Å². The Morgan fingerprint density at radius 2 is 2.07 bits per heavy atom. The molecule has 1 aliphatic rings. The summed E-state index contributed by atoms with van der Waals surface area (Å²) in [4.78, 5) is 0. The number of allylic oxidation sites excluding steroid dienone is 1. The van der Waals surface area contributed by atoms with Gasteiger partial charge in [0.1, 0.15) is 0 Å². The molecule has 14 heavy (non-hydrogen) atoms. The summed E-state index contributed by atoms with van der Waals surface area (Å²) >= 11 is 0. The molecular formula is C13H25N. The molecule has 82 valence electrons. The average Bonchev–Trinajstić information content (AvgIpc) is 2.62. The van der Waals surface area contributed by atoms with Crippen LogP contribution >= 0.6 is 0 Å². The molecule has 0 aromatic heterocycles. The summed E-state index contributed by atoms with van der Waals surface area (Å²) in [5.74, 6) is 2.10. The molecule has 0 radical (unpaired) electrons. The SMILES string of the molecule is C=CCCC=N.CCC1CCC(C)C1. The Bertz CT molecular complexity index is 143. The van der Waals surface area contributed by atoms with Gasteiger partial charge in [0.15, 0.2) is 0 Å². The van der Waals surface area contributed by atoms with E-state index < -0.39 is 0 Å². The third-order valence-corrected chi connectivity index (χ3v) is 2.90. The molecule has 0 aliphatic heterocycles. The van der Waals surface area contributed by atoms with Gasteiger partial charge in [-0.3, -0.25) is 0 Å². The van der Waals surface area contributed by atoms with Gasteiger partial charge in [0.25, 0.3) is 0 Å². The molecule has 1 aliphatic carbocycles. The molecule has 1 rings (SSSR count). The highest BCUT2D eigenvalue weighted by molar-refractivity contribution is 5.52. The molecule has 2 unspecified atom stereocenters. The maximum atomic E-state index is 6.53. The van der Waals surface area contributed by atoms with E-state index in [1.807, 2.05) is 6.08 Å². The minimum atomic E-state index is 0.837. The zero-order valence-corrected chi connectivity index (χ0v) is 9.76. The molecule has 0 spiro atoms. The van der Waals surface area contributed by atoms with Crippen molar-refractivity contribution in [1.29, 1.82) is 5.41 Å². The van der Waals surface area contributed by atoms with Crippen LogP contribution in [0, 0.1) is 17.2 Å². The second-order valence-corrected chi connectivity index (χ2v) is 4.26. The van der Waals surface area contributed by atoms with Crippen LogP contribution in [0.1, 0.15) is 52.4 Å². The van der Waals surface area contributed by atoms with Gasteiger partial charge < -0.3 is 5.41 Å². The fraction of sp³-hybridized carbons (Fsp3) is 0.769. The van der Waals surface area contributed by atoms with Crippen LogP contribution in [0.15, 0.2) is 12.7 Å². The van der Waals surface area contributed by atoms with Crippen LogP contribution < -0.4 is 0 Å². The molecule has 0 saturated heterocycles. The van der Waals surface area contributed by atoms with E-state index in [2.05, 4.69) is 20.4 Å². The van der Waals surface area contributed by atoms with Crippen molar-refractivity contribution in [3.8, 4) is 0 Å². The Kier molecular flexibility index (Phi) is 8.61. The normalized spacial score (nSPS) is 25.0. The van der Waals surface area contributed by atoms with Crippen LogP contribution in [0.3, 0.4) is 0 Å². The van der Waals surface area contributed by atoms with Crippen molar-refractivity contribution in [2.24, 2.45) is 11.8 Å². The lowest BCUT2D eigenvalue weighted by Crippen LogP contribution is -1.89. The quantitative estimate of drug-likeness (QED) is 0.390. The van der Waals surface area contributed by atoms with E-state index in [0.717, 1.165) is 24.7 Å². The molecule has 1 heteroatoms. The van der Waals surface area contributed by atoms with Gasteiger partial charge in [-0.05, 0) is 37.3 Å². The first-order valence-electron chi connectivity index (χ1n) is 5.84. The molecule has 1 saturated carbocycles. The predicted octanol–water partition coefficient (Wildman–Crippen LogP) is 4.43. The maximum absolute atomic E-state index is 6.53. The molecule has 0 heterocycles. The van der Waals surface area contributed by atoms with Crippen LogP contribution in [-0.2, 0) is 0 Å². The summed E-state index contributed by atoms with van der Waals surface area (Å²) in [6.45, 7) is 8.17. The topological polar surface area (TPSA) is 23.9 Å². The summed E-state index contributed by atoms with van der Waals surface area (Å²) in [7, 11) is 0. The van der Waals surface area contributed by atoms with Gasteiger partial charge in [-0.2, -0.15) is 0 Å².